The zero-order valence-electron chi connectivity index (χ0n) is 29.9. The lowest BCUT2D eigenvalue weighted by molar-refractivity contribution is 0.112. The summed E-state index contributed by atoms with van der Waals surface area (Å²) in [5, 5.41) is 2.12. The van der Waals surface area contributed by atoms with Crippen molar-refractivity contribution >= 4 is 40.6 Å². The number of aldehydes is 1. The molecular weight excluding hydrogens is 661 g/mol. The van der Waals surface area contributed by atoms with E-state index >= 15 is 0 Å². The molecule has 7 aromatic carbocycles. The van der Waals surface area contributed by atoms with Gasteiger partial charge < -0.3 is 4.90 Å². The maximum absolute atomic E-state index is 12.1. The lowest BCUT2D eigenvalue weighted by Gasteiger charge is -2.29. The second-order valence-corrected chi connectivity index (χ2v) is 12.9. The third kappa shape index (κ3) is 6.18. The largest absolute Gasteiger partial charge is 0.343 e. The lowest BCUT2D eigenvalue weighted by Crippen LogP contribution is -2.14. The van der Waals surface area contributed by atoms with Crippen molar-refractivity contribution in [1.82, 2.24) is 15.0 Å². The summed E-state index contributed by atoms with van der Waals surface area (Å²) in [4.78, 5) is 29.2. The minimum absolute atomic E-state index is 0.585. The highest BCUT2D eigenvalue weighted by atomic mass is 16.1. The predicted molar refractivity (Wildman–Crippen MR) is 225 cm³/mol. The van der Waals surface area contributed by atoms with E-state index in [9.17, 15) is 4.79 Å². The minimum atomic E-state index is 0.585. The van der Waals surface area contributed by atoms with Crippen LogP contribution >= 0.6 is 0 Å². The van der Waals surface area contributed by atoms with E-state index in [2.05, 4.69) is 79.7 Å². The summed E-state index contributed by atoms with van der Waals surface area (Å²) >= 11 is 0. The van der Waals surface area contributed by atoms with Crippen LogP contribution in [0.4, 0.5) is 11.4 Å². The summed E-state index contributed by atoms with van der Waals surface area (Å²) in [6.45, 7) is 8.65. The molecule has 0 fully saturated rings. The Morgan fingerprint density at radius 3 is 1.63 bits per heavy atom. The zero-order valence-corrected chi connectivity index (χ0v) is 29.9. The highest BCUT2D eigenvalue weighted by molar-refractivity contribution is 6.12. The van der Waals surface area contributed by atoms with Gasteiger partial charge in [-0.25, -0.2) is 15.0 Å². The molecule has 5 heteroatoms. The van der Waals surface area contributed by atoms with E-state index in [0.29, 0.717) is 23.0 Å². The van der Waals surface area contributed by atoms with Crippen LogP contribution in [0.2, 0.25) is 0 Å². The average molecular weight is 697 g/mol. The number of carbonyl (C=O) groups excluding carboxylic acids is 1. The van der Waals surface area contributed by atoms with Crippen LogP contribution in [0.1, 0.15) is 21.5 Å². The van der Waals surface area contributed by atoms with Gasteiger partial charge in [-0.15, -0.1) is 0 Å². The number of aromatic nitrogens is 3. The van der Waals surface area contributed by atoms with E-state index in [1.54, 1.807) is 0 Å². The quantitative estimate of drug-likeness (QED) is 0.133. The van der Waals surface area contributed by atoms with Gasteiger partial charge in [0.1, 0.15) is 0 Å². The number of hydrogen-bond donors (Lipinski definition) is 0. The lowest BCUT2D eigenvalue weighted by atomic mass is 9.86. The summed E-state index contributed by atoms with van der Waals surface area (Å²) in [5.74, 6) is 1.81. The van der Waals surface area contributed by atoms with Crippen LogP contribution in [0.25, 0.3) is 79.3 Å². The Balaban J connectivity index is 1.32. The molecule has 0 atom stereocenters. The Kier molecular flexibility index (Phi) is 9.27. The summed E-state index contributed by atoms with van der Waals surface area (Å²) in [6.07, 6.45) is 4.74. The highest BCUT2D eigenvalue weighted by Gasteiger charge is 2.23. The molecule has 0 aliphatic carbocycles. The first-order valence-electron chi connectivity index (χ1n) is 17.8. The van der Waals surface area contributed by atoms with Crippen molar-refractivity contribution in [2.75, 3.05) is 11.9 Å². The van der Waals surface area contributed by atoms with E-state index in [1.807, 2.05) is 115 Å². The Morgan fingerprint density at radius 1 is 0.500 bits per heavy atom. The Bertz CT molecular complexity index is 2630. The second-order valence-electron chi connectivity index (χ2n) is 12.9. The van der Waals surface area contributed by atoms with Crippen molar-refractivity contribution in [2.24, 2.45) is 0 Å². The number of fused-ring (bicyclic) bond motifs is 1. The molecule has 1 aromatic heterocycles. The number of carbonyl (C=O) groups is 1. The molecule has 0 saturated heterocycles. The summed E-state index contributed by atoms with van der Waals surface area (Å²) < 4.78 is 0. The van der Waals surface area contributed by atoms with Gasteiger partial charge in [0.15, 0.2) is 23.8 Å². The van der Waals surface area contributed by atoms with Crippen LogP contribution in [0, 0.1) is 0 Å². The van der Waals surface area contributed by atoms with Crippen LogP contribution in [0.15, 0.2) is 171 Å². The van der Waals surface area contributed by atoms with Gasteiger partial charge in [-0.2, -0.15) is 0 Å². The van der Waals surface area contributed by atoms with Gasteiger partial charge in [-0.05, 0) is 39.8 Å². The fraction of sp³-hybridized carbons (Fsp3) is 0.0204. The van der Waals surface area contributed by atoms with Gasteiger partial charge in [0.05, 0.1) is 5.69 Å². The van der Waals surface area contributed by atoms with Crippen molar-refractivity contribution < 1.29 is 4.79 Å². The Labute approximate surface area is 315 Å². The van der Waals surface area contributed by atoms with Gasteiger partial charge >= 0.3 is 0 Å². The molecule has 0 aliphatic heterocycles. The molecule has 5 nitrogen and oxygen atoms in total. The molecule has 0 spiro atoms. The van der Waals surface area contributed by atoms with Gasteiger partial charge in [0, 0.05) is 51.5 Å². The standard InChI is InChI=1S/C49H36N4O/c1-4-38-39(5-2)46(53(3)44-30-17-16-27-41(44)40-26-13-12-23-37(40)32-54)43-29-15-14-28-42(43)45(38)35-24-18-25-36(31-35)49-51-47(33-19-8-6-9-20-33)50-48(52-49)34-21-10-7-11-22-34/h4-32H,1-2H2,3H3. The topological polar surface area (TPSA) is 59.0 Å². The van der Waals surface area contributed by atoms with Crippen molar-refractivity contribution in [3.8, 4) is 56.4 Å². The van der Waals surface area contributed by atoms with Crippen LogP contribution in [0.5, 0.6) is 0 Å². The van der Waals surface area contributed by atoms with E-state index in [-0.39, 0.29) is 0 Å². The molecule has 1 heterocycles. The fourth-order valence-corrected chi connectivity index (χ4v) is 7.26. The molecule has 258 valence electrons. The molecule has 0 aliphatic rings. The monoisotopic (exact) mass is 696 g/mol. The molecule has 0 radical (unpaired) electrons. The van der Waals surface area contributed by atoms with Crippen LogP contribution in [-0.4, -0.2) is 28.3 Å². The molecule has 8 rings (SSSR count). The molecule has 0 saturated carbocycles. The first kappa shape index (κ1) is 33.9. The molecule has 0 unspecified atom stereocenters. The molecule has 8 aromatic rings. The Morgan fingerprint density at radius 2 is 1.00 bits per heavy atom. The first-order chi connectivity index (χ1) is 26.6. The smallest absolute Gasteiger partial charge is 0.164 e. The maximum Gasteiger partial charge on any atom is 0.164 e. The number of anilines is 2. The first-order valence-corrected chi connectivity index (χ1v) is 17.8. The number of rotatable bonds is 10. The van der Waals surface area contributed by atoms with Gasteiger partial charge in [-0.3, -0.25) is 4.79 Å². The van der Waals surface area contributed by atoms with Gasteiger partial charge in [0.25, 0.3) is 0 Å². The number of benzene rings is 7. The number of hydrogen-bond acceptors (Lipinski definition) is 5. The van der Waals surface area contributed by atoms with Crippen LogP contribution in [-0.2, 0) is 0 Å². The Hall–Kier alpha value is -7.24. The number of nitrogens with zero attached hydrogens (tertiary/aromatic N) is 4. The third-order valence-corrected chi connectivity index (χ3v) is 9.76. The summed E-state index contributed by atoms with van der Waals surface area (Å²) in [5.41, 5.74) is 11.1. The molecule has 0 amide bonds. The van der Waals surface area contributed by atoms with Crippen molar-refractivity contribution in [3.05, 3.63) is 188 Å². The average Bonchev–Trinajstić information content (AvgIpc) is 3.25. The van der Waals surface area contributed by atoms with E-state index in [0.717, 1.165) is 78.5 Å². The number of para-hydroxylation sites is 1. The third-order valence-electron chi connectivity index (χ3n) is 9.76. The minimum Gasteiger partial charge on any atom is -0.343 e. The zero-order chi connectivity index (χ0) is 37.0. The van der Waals surface area contributed by atoms with E-state index in [4.69, 9.17) is 15.0 Å². The summed E-state index contributed by atoms with van der Waals surface area (Å²) in [7, 11) is 2.07. The predicted octanol–water partition coefficient (Wildman–Crippen LogP) is 12.2. The maximum atomic E-state index is 12.1. The summed E-state index contributed by atoms with van der Waals surface area (Å²) in [6, 6.07) is 52.7. The van der Waals surface area contributed by atoms with Crippen LogP contribution in [0.3, 0.4) is 0 Å². The van der Waals surface area contributed by atoms with Crippen molar-refractivity contribution in [3.63, 3.8) is 0 Å². The SMILES string of the molecule is C=Cc1c(C=C)c(N(C)c2ccccc2-c2ccccc2C=O)c2ccccc2c1-c1cccc(-c2nc(-c3ccccc3)nc(-c3ccccc3)n2)c1. The molecule has 54 heavy (non-hydrogen) atoms. The fourth-order valence-electron chi connectivity index (χ4n) is 7.26. The van der Waals surface area contributed by atoms with Gasteiger partial charge in [0.2, 0.25) is 0 Å². The molecule has 0 N–H and O–H groups in total. The molecule has 0 bridgehead atoms. The van der Waals surface area contributed by atoms with Crippen LogP contribution < -0.4 is 4.90 Å². The van der Waals surface area contributed by atoms with E-state index < -0.39 is 0 Å². The molecular formula is C49H36N4O. The second kappa shape index (κ2) is 14.8. The normalized spacial score (nSPS) is 10.9. The highest BCUT2D eigenvalue weighted by Crippen LogP contribution is 2.46. The van der Waals surface area contributed by atoms with Crippen molar-refractivity contribution in [1.29, 1.82) is 0 Å². The van der Waals surface area contributed by atoms with E-state index in [1.165, 1.54) is 0 Å². The van der Waals surface area contributed by atoms with Gasteiger partial charge in [-0.1, -0.05) is 171 Å². The van der Waals surface area contributed by atoms with Crippen molar-refractivity contribution in [2.45, 2.75) is 0 Å².